The van der Waals surface area contributed by atoms with Gasteiger partial charge >= 0.3 is 5.97 Å². The quantitative estimate of drug-likeness (QED) is 0.309. The zero-order chi connectivity index (χ0) is 22.4. The van der Waals surface area contributed by atoms with Gasteiger partial charge in [0.2, 0.25) is 5.76 Å². The Hall–Kier alpha value is -3.92. The molecule has 0 spiro atoms. The third kappa shape index (κ3) is 6.03. The topological polar surface area (TPSA) is 121 Å². The molecule has 0 aliphatic rings. The minimum Gasteiger partial charge on any atom is -0.486 e. The van der Waals surface area contributed by atoms with Crippen molar-refractivity contribution in [2.75, 3.05) is 11.9 Å². The Bertz CT molecular complexity index is 1110. The summed E-state index contributed by atoms with van der Waals surface area (Å²) in [7, 11) is 0. The summed E-state index contributed by atoms with van der Waals surface area (Å²) in [5.41, 5.74) is -0.488. The predicted molar refractivity (Wildman–Crippen MR) is 106 cm³/mol. The summed E-state index contributed by atoms with van der Waals surface area (Å²) in [6, 6.07) is 11.9. The molecule has 1 heterocycles. The first kappa shape index (κ1) is 21.8. The van der Waals surface area contributed by atoms with Gasteiger partial charge in [0.25, 0.3) is 11.6 Å². The first-order chi connectivity index (χ1) is 14.8. The number of hydrogen-bond acceptors (Lipinski definition) is 7. The number of esters is 1. The Balaban J connectivity index is 1.51. The van der Waals surface area contributed by atoms with E-state index in [9.17, 15) is 24.1 Å². The van der Waals surface area contributed by atoms with Crippen LogP contribution in [0.1, 0.15) is 16.3 Å². The van der Waals surface area contributed by atoms with Crippen molar-refractivity contribution >= 4 is 34.9 Å². The van der Waals surface area contributed by atoms with E-state index in [0.29, 0.717) is 11.5 Å². The molecule has 0 fully saturated rings. The molecule has 0 radical (unpaired) electrons. The smallest absolute Gasteiger partial charge is 0.374 e. The van der Waals surface area contributed by atoms with Gasteiger partial charge < -0.3 is 19.2 Å². The number of nitrogens with one attached hydrogen (secondary N) is 1. The summed E-state index contributed by atoms with van der Waals surface area (Å²) in [6.07, 6.45) is 0. The lowest BCUT2D eigenvalue weighted by Gasteiger charge is -2.07. The number of amides is 1. The second kappa shape index (κ2) is 9.72. The van der Waals surface area contributed by atoms with Crippen LogP contribution >= 0.6 is 11.6 Å². The van der Waals surface area contributed by atoms with Crippen molar-refractivity contribution in [3.8, 4) is 5.75 Å². The average molecular weight is 449 g/mol. The molecule has 2 aromatic carbocycles. The largest absolute Gasteiger partial charge is 0.486 e. The van der Waals surface area contributed by atoms with Gasteiger partial charge in [-0.25, -0.2) is 9.18 Å². The Labute approximate surface area is 179 Å². The molecular formula is C20H14ClFN2O7. The van der Waals surface area contributed by atoms with Crippen LogP contribution in [0.4, 0.5) is 15.8 Å². The lowest BCUT2D eigenvalue weighted by molar-refractivity contribution is -0.383. The summed E-state index contributed by atoms with van der Waals surface area (Å²) in [4.78, 5) is 34.4. The minimum absolute atomic E-state index is 0.0143. The summed E-state index contributed by atoms with van der Waals surface area (Å²) < 4.78 is 28.4. The van der Waals surface area contributed by atoms with Gasteiger partial charge in [0.05, 0.1) is 4.92 Å². The number of ether oxygens (including phenoxy) is 2. The van der Waals surface area contributed by atoms with Gasteiger partial charge in [0.1, 0.15) is 29.6 Å². The monoisotopic (exact) mass is 448 g/mol. The van der Waals surface area contributed by atoms with Gasteiger partial charge in [-0.1, -0.05) is 11.6 Å². The van der Waals surface area contributed by atoms with Crippen molar-refractivity contribution in [1.82, 2.24) is 0 Å². The SMILES string of the molecule is O=C(COC(=O)c1ccc(COc2ccc(F)cc2)o1)Nc1ccc(Cl)cc1[N+](=O)[O-]. The fraction of sp³-hybridized carbons (Fsp3) is 0.100. The van der Waals surface area contributed by atoms with Crippen LogP contribution in [0.15, 0.2) is 59.0 Å². The number of hydrogen-bond donors (Lipinski definition) is 1. The molecule has 1 aromatic heterocycles. The predicted octanol–water partition coefficient (Wildman–Crippen LogP) is 4.35. The maximum absolute atomic E-state index is 12.9. The van der Waals surface area contributed by atoms with Crippen molar-refractivity contribution in [2.24, 2.45) is 0 Å². The summed E-state index contributed by atoms with van der Waals surface area (Å²) in [5.74, 6) is -1.54. The van der Waals surface area contributed by atoms with E-state index in [4.69, 9.17) is 25.5 Å². The van der Waals surface area contributed by atoms with Crippen LogP contribution in [-0.2, 0) is 16.1 Å². The number of anilines is 1. The normalized spacial score (nSPS) is 10.4. The number of halogens is 2. The lowest BCUT2D eigenvalue weighted by Crippen LogP contribution is -2.21. The zero-order valence-electron chi connectivity index (χ0n) is 15.7. The van der Waals surface area contributed by atoms with Gasteiger partial charge in [0.15, 0.2) is 6.61 Å². The number of furan rings is 1. The van der Waals surface area contributed by atoms with Crippen molar-refractivity contribution in [3.63, 3.8) is 0 Å². The standard InChI is InChI=1S/C20H14ClFN2O7/c21-12-1-7-16(17(9-12)24(27)28)23-19(25)11-30-20(26)18-8-6-15(31-18)10-29-14-4-2-13(22)3-5-14/h1-9H,10-11H2,(H,23,25). The number of nitro groups is 1. The lowest BCUT2D eigenvalue weighted by atomic mass is 10.2. The molecule has 0 saturated heterocycles. The molecule has 160 valence electrons. The van der Waals surface area contributed by atoms with Crippen LogP contribution in [-0.4, -0.2) is 23.4 Å². The Kier molecular flexibility index (Phi) is 6.83. The number of carbonyl (C=O) groups is 2. The zero-order valence-corrected chi connectivity index (χ0v) is 16.4. The van der Waals surface area contributed by atoms with Crippen LogP contribution in [0.25, 0.3) is 0 Å². The molecule has 0 unspecified atom stereocenters. The van der Waals surface area contributed by atoms with Crippen molar-refractivity contribution in [3.05, 3.63) is 87.1 Å². The van der Waals surface area contributed by atoms with Gasteiger partial charge in [-0.3, -0.25) is 14.9 Å². The van der Waals surface area contributed by atoms with Gasteiger partial charge in [-0.2, -0.15) is 0 Å². The number of carbonyl (C=O) groups excluding carboxylic acids is 2. The van der Waals surface area contributed by atoms with E-state index in [-0.39, 0.29) is 23.1 Å². The fourth-order valence-electron chi connectivity index (χ4n) is 2.40. The molecule has 11 heteroatoms. The van der Waals surface area contributed by atoms with Gasteiger partial charge in [-0.15, -0.1) is 0 Å². The molecule has 1 amide bonds. The highest BCUT2D eigenvalue weighted by molar-refractivity contribution is 6.31. The van der Waals surface area contributed by atoms with E-state index in [1.807, 2.05) is 0 Å². The van der Waals surface area contributed by atoms with Crippen LogP contribution in [0, 0.1) is 15.9 Å². The van der Waals surface area contributed by atoms with Crippen LogP contribution in [0.5, 0.6) is 5.75 Å². The maximum atomic E-state index is 12.9. The molecule has 31 heavy (non-hydrogen) atoms. The minimum atomic E-state index is -0.909. The Morgan fingerprint density at radius 3 is 2.58 bits per heavy atom. The molecule has 3 rings (SSSR count). The van der Waals surface area contributed by atoms with Gasteiger partial charge in [0, 0.05) is 11.1 Å². The summed E-state index contributed by atoms with van der Waals surface area (Å²) in [6.45, 7) is -0.708. The number of rotatable bonds is 8. The molecular weight excluding hydrogens is 435 g/mol. The third-order valence-corrected chi connectivity index (χ3v) is 4.06. The highest BCUT2D eigenvalue weighted by Gasteiger charge is 2.19. The first-order valence-corrected chi connectivity index (χ1v) is 9.07. The Morgan fingerprint density at radius 2 is 1.87 bits per heavy atom. The van der Waals surface area contributed by atoms with Crippen molar-refractivity contribution in [2.45, 2.75) is 6.61 Å². The van der Waals surface area contributed by atoms with Crippen molar-refractivity contribution < 1.29 is 32.8 Å². The van der Waals surface area contributed by atoms with Crippen LogP contribution < -0.4 is 10.1 Å². The second-order valence-electron chi connectivity index (χ2n) is 6.05. The average Bonchev–Trinajstić information content (AvgIpc) is 3.22. The van der Waals surface area contributed by atoms with Crippen LogP contribution in [0.3, 0.4) is 0 Å². The molecule has 3 aromatic rings. The molecule has 9 nitrogen and oxygen atoms in total. The third-order valence-electron chi connectivity index (χ3n) is 3.82. The van der Waals surface area contributed by atoms with E-state index < -0.39 is 34.9 Å². The molecule has 0 aliphatic heterocycles. The number of nitro benzene ring substituents is 1. The first-order valence-electron chi connectivity index (χ1n) is 8.70. The van der Waals surface area contributed by atoms with Gasteiger partial charge in [-0.05, 0) is 48.5 Å². The number of nitrogens with zero attached hydrogens (tertiary/aromatic N) is 1. The van der Waals surface area contributed by atoms with E-state index in [1.165, 1.54) is 48.5 Å². The van der Waals surface area contributed by atoms with E-state index in [0.717, 1.165) is 6.07 Å². The summed E-state index contributed by atoms with van der Waals surface area (Å²) in [5, 5.41) is 13.5. The van der Waals surface area contributed by atoms with E-state index in [2.05, 4.69) is 5.32 Å². The highest BCUT2D eigenvalue weighted by atomic mass is 35.5. The highest BCUT2D eigenvalue weighted by Crippen LogP contribution is 2.27. The Morgan fingerprint density at radius 1 is 1.13 bits per heavy atom. The van der Waals surface area contributed by atoms with E-state index >= 15 is 0 Å². The number of benzene rings is 2. The molecule has 1 N–H and O–H groups in total. The molecule has 0 aliphatic carbocycles. The fourth-order valence-corrected chi connectivity index (χ4v) is 2.57. The van der Waals surface area contributed by atoms with Crippen molar-refractivity contribution in [1.29, 1.82) is 0 Å². The second-order valence-corrected chi connectivity index (χ2v) is 6.49. The van der Waals surface area contributed by atoms with Crippen LogP contribution in [0.2, 0.25) is 5.02 Å². The maximum Gasteiger partial charge on any atom is 0.374 e. The molecule has 0 saturated carbocycles. The summed E-state index contributed by atoms with van der Waals surface area (Å²) >= 11 is 5.71. The van der Waals surface area contributed by atoms with E-state index in [1.54, 1.807) is 0 Å². The molecule has 0 atom stereocenters. The molecule has 0 bridgehead atoms.